The Morgan fingerprint density at radius 1 is 0.267 bits per heavy atom. The summed E-state index contributed by atoms with van der Waals surface area (Å²) in [6.45, 7) is 9.59. The maximum Gasteiger partial charge on any atom is 0.472 e. The van der Waals surface area contributed by atoms with Gasteiger partial charge in [-0.3, -0.25) is 37.3 Å². The number of carbonyl (C=O) groups is 4. The standard InChI is InChI=1S/C82H160O17P2/c1-7-9-11-13-15-17-19-20-21-22-23-24-25-26-27-32-35-38-42-48-54-60-66-81(86)98-77(70-93-80(85)65-59-53-47-41-37-34-31-29-28-30-33-36-39-44-50-56-62-74(3)4)72-96-100(88,89)94-68-76(83)69-95-101(90,91)97-73-78(99-82(87)67-61-55-49-43-45-51-57-63-75(5)6)71-92-79(84)64-58-52-46-40-18-16-14-12-10-8-2/h74-78,83H,7-73H2,1-6H3,(H,88,89)(H,90,91)/t76-,77-,78-/m1/s1. The highest BCUT2D eigenvalue weighted by Gasteiger charge is 2.30. The topological polar surface area (TPSA) is 237 Å². The molecule has 2 unspecified atom stereocenters. The van der Waals surface area contributed by atoms with Crippen LogP contribution in [0.1, 0.15) is 433 Å². The van der Waals surface area contributed by atoms with E-state index in [2.05, 4.69) is 41.5 Å². The van der Waals surface area contributed by atoms with E-state index in [0.717, 1.165) is 95.8 Å². The number of unbranched alkanes of at least 4 members (excludes halogenated alkanes) is 51. The molecule has 0 aromatic rings. The van der Waals surface area contributed by atoms with E-state index in [-0.39, 0.29) is 25.7 Å². The van der Waals surface area contributed by atoms with Crippen LogP contribution in [-0.2, 0) is 65.4 Å². The molecule has 0 aromatic carbocycles. The van der Waals surface area contributed by atoms with Crippen LogP contribution in [-0.4, -0.2) is 96.7 Å². The van der Waals surface area contributed by atoms with Crippen LogP contribution in [0.2, 0.25) is 0 Å². The van der Waals surface area contributed by atoms with Gasteiger partial charge in [0.2, 0.25) is 0 Å². The molecule has 19 heteroatoms. The van der Waals surface area contributed by atoms with Gasteiger partial charge in [0.25, 0.3) is 0 Å². The molecular formula is C82H160O17P2. The molecular weight excluding hydrogens is 1320 g/mol. The van der Waals surface area contributed by atoms with E-state index in [0.29, 0.717) is 31.6 Å². The van der Waals surface area contributed by atoms with Crippen molar-refractivity contribution >= 4 is 39.5 Å². The number of hydrogen-bond donors (Lipinski definition) is 3. The summed E-state index contributed by atoms with van der Waals surface area (Å²) in [7, 11) is -9.92. The van der Waals surface area contributed by atoms with Crippen LogP contribution in [0.3, 0.4) is 0 Å². The molecule has 0 fully saturated rings. The van der Waals surface area contributed by atoms with Crippen molar-refractivity contribution in [1.29, 1.82) is 0 Å². The van der Waals surface area contributed by atoms with Crippen molar-refractivity contribution in [3.8, 4) is 0 Å². The summed E-state index contributed by atoms with van der Waals surface area (Å²) >= 11 is 0. The molecule has 0 aliphatic heterocycles. The first-order valence-electron chi connectivity index (χ1n) is 42.5. The van der Waals surface area contributed by atoms with E-state index in [1.807, 2.05) is 0 Å². The van der Waals surface area contributed by atoms with Crippen LogP contribution in [0.15, 0.2) is 0 Å². The summed E-state index contributed by atoms with van der Waals surface area (Å²) < 4.78 is 68.6. The second-order valence-electron chi connectivity index (χ2n) is 30.5. The van der Waals surface area contributed by atoms with E-state index in [9.17, 15) is 43.2 Å². The summed E-state index contributed by atoms with van der Waals surface area (Å²) in [5.41, 5.74) is 0. The van der Waals surface area contributed by atoms with Crippen molar-refractivity contribution < 1.29 is 80.2 Å². The first kappa shape index (κ1) is 99.1. The van der Waals surface area contributed by atoms with Gasteiger partial charge in [0.1, 0.15) is 19.3 Å². The largest absolute Gasteiger partial charge is 0.472 e. The Labute approximate surface area is 619 Å². The molecule has 0 amide bonds. The average molecular weight is 1480 g/mol. The van der Waals surface area contributed by atoms with Crippen molar-refractivity contribution in [1.82, 2.24) is 0 Å². The van der Waals surface area contributed by atoms with Crippen molar-refractivity contribution in [2.24, 2.45) is 11.8 Å². The molecule has 0 bridgehead atoms. The Morgan fingerprint density at radius 2 is 0.455 bits per heavy atom. The van der Waals surface area contributed by atoms with E-state index in [1.165, 1.54) is 250 Å². The lowest BCUT2D eigenvalue weighted by molar-refractivity contribution is -0.161. The number of esters is 4. The molecule has 0 aromatic heterocycles. The Bertz CT molecular complexity index is 1940. The highest BCUT2D eigenvalue weighted by atomic mass is 31.2. The molecule has 0 rings (SSSR count). The van der Waals surface area contributed by atoms with E-state index in [4.69, 9.17) is 37.0 Å². The van der Waals surface area contributed by atoms with Gasteiger partial charge in [-0.05, 0) is 37.5 Å². The van der Waals surface area contributed by atoms with Gasteiger partial charge in [-0.2, -0.15) is 0 Å². The second kappa shape index (κ2) is 73.6. The minimum absolute atomic E-state index is 0.104. The van der Waals surface area contributed by atoms with Crippen molar-refractivity contribution in [3.63, 3.8) is 0 Å². The third-order valence-electron chi connectivity index (χ3n) is 19.2. The second-order valence-corrected chi connectivity index (χ2v) is 33.4. The Hall–Kier alpha value is -1.94. The zero-order valence-corrected chi connectivity index (χ0v) is 68.0. The predicted molar refractivity (Wildman–Crippen MR) is 414 cm³/mol. The van der Waals surface area contributed by atoms with Crippen molar-refractivity contribution in [3.05, 3.63) is 0 Å². The van der Waals surface area contributed by atoms with Gasteiger partial charge in [-0.1, -0.05) is 382 Å². The van der Waals surface area contributed by atoms with Crippen LogP contribution in [0.4, 0.5) is 0 Å². The molecule has 600 valence electrons. The van der Waals surface area contributed by atoms with Gasteiger partial charge in [0.05, 0.1) is 26.4 Å². The van der Waals surface area contributed by atoms with E-state index in [1.54, 1.807) is 0 Å². The summed E-state index contributed by atoms with van der Waals surface area (Å²) in [6, 6.07) is 0. The zero-order valence-electron chi connectivity index (χ0n) is 66.2. The number of ether oxygens (including phenoxy) is 4. The summed E-state index contributed by atoms with van der Waals surface area (Å²) in [5, 5.41) is 10.6. The third-order valence-corrected chi connectivity index (χ3v) is 21.1. The van der Waals surface area contributed by atoms with Crippen molar-refractivity contribution in [2.45, 2.75) is 452 Å². The first-order chi connectivity index (χ1) is 48.9. The van der Waals surface area contributed by atoms with Gasteiger partial charge in [-0.25, -0.2) is 9.13 Å². The maximum absolute atomic E-state index is 13.1. The zero-order chi connectivity index (χ0) is 74.2. The molecule has 0 heterocycles. The number of carbonyl (C=O) groups excluding carboxylic acids is 4. The normalized spacial score (nSPS) is 13.9. The smallest absolute Gasteiger partial charge is 0.462 e. The average Bonchev–Trinajstić information content (AvgIpc) is 1.11. The van der Waals surface area contributed by atoms with Crippen LogP contribution in [0.5, 0.6) is 0 Å². The summed E-state index contributed by atoms with van der Waals surface area (Å²) in [4.78, 5) is 72.9. The Kier molecular flexibility index (Phi) is 72.2. The number of phosphoric ester groups is 2. The number of hydrogen-bond acceptors (Lipinski definition) is 15. The van der Waals surface area contributed by atoms with Gasteiger partial charge in [-0.15, -0.1) is 0 Å². The molecule has 3 N–H and O–H groups in total. The maximum atomic E-state index is 13.1. The van der Waals surface area contributed by atoms with Crippen LogP contribution in [0.25, 0.3) is 0 Å². The molecule has 0 aliphatic carbocycles. The first-order valence-corrected chi connectivity index (χ1v) is 45.5. The Balaban J connectivity index is 5.18. The number of rotatable bonds is 81. The van der Waals surface area contributed by atoms with E-state index >= 15 is 0 Å². The fourth-order valence-electron chi connectivity index (χ4n) is 12.7. The fraction of sp³-hybridized carbons (Fsp3) is 0.951. The lowest BCUT2D eigenvalue weighted by Gasteiger charge is -2.21. The molecule has 5 atom stereocenters. The highest BCUT2D eigenvalue weighted by Crippen LogP contribution is 2.45. The van der Waals surface area contributed by atoms with Gasteiger partial charge < -0.3 is 33.8 Å². The number of phosphoric acid groups is 2. The molecule has 0 spiro atoms. The van der Waals surface area contributed by atoms with Gasteiger partial charge in [0, 0.05) is 25.7 Å². The Morgan fingerprint density at radius 3 is 0.673 bits per heavy atom. The third kappa shape index (κ3) is 76.1. The molecule has 0 saturated heterocycles. The minimum Gasteiger partial charge on any atom is -0.462 e. The SMILES string of the molecule is CCCCCCCCCCCCCCCCCCCCCCCCC(=O)O[C@H](COC(=O)CCCCCCCCCCCCCCCCCCC(C)C)COP(=O)(O)OC[C@@H](O)COP(=O)(O)OC[C@@H](COC(=O)CCCCCCCCCCCC)OC(=O)CCCCCCCCCC(C)C. The van der Waals surface area contributed by atoms with Gasteiger partial charge in [0.15, 0.2) is 12.2 Å². The van der Waals surface area contributed by atoms with Gasteiger partial charge >= 0.3 is 39.5 Å². The molecule has 17 nitrogen and oxygen atoms in total. The molecule has 0 radical (unpaired) electrons. The molecule has 0 saturated carbocycles. The summed E-state index contributed by atoms with van der Waals surface area (Å²) in [5.74, 6) is -0.604. The molecule has 0 aliphatic rings. The molecule has 101 heavy (non-hydrogen) atoms. The highest BCUT2D eigenvalue weighted by molar-refractivity contribution is 7.47. The summed E-state index contributed by atoms with van der Waals surface area (Å²) in [6.07, 6.45) is 64.2. The van der Waals surface area contributed by atoms with Crippen LogP contribution < -0.4 is 0 Å². The van der Waals surface area contributed by atoms with Crippen molar-refractivity contribution in [2.75, 3.05) is 39.6 Å². The quantitative estimate of drug-likeness (QED) is 0.0222. The lowest BCUT2D eigenvalue weighted by Crippen LogP contribution is -2.30. The minimum atomic E-state index is -4.96. The number of aliphatic hydroxyl groups is 1. The lowest BCUT2D eigenvalue weighted by atomic mass is 10.0. The van der Waals surface area contributed by atoms with E-state index < -0.39 is 97.5 Å². The van der Waals surface area contributed by atoms with Crippen LogP contribution >= 0.6 is 15.6 Å². The number of aliphatic hydroxyl groups excluding tert-OH is 1. The monoisotopic (exact) mass is 1480 g/mol. The van der Waals surface area contributed by atoms with Crippen LogP contribution in [0, 0.1) is 11.8 Å². The predicted octanol–water partition coefficient (Wildman–Crippen LogP) is 24.7. The fourth-order valence-corrected chi connectivity index (χ4v) is 14.3.